The normalized spacial score (nSPS) is 11.2. The van der Waals surface area contributed by atoms with Crippen LogP contribution in [0.2, 0.25) is 0 Å². The third kappa shape index (κ3) is 5.43. The second-order valence-electron chi connectivity index (χ2n) is 5.97. The molecule has 7 nitrogen and oxygen atoms in total. The topological polar surface area (TPSA) is 96.9 Å². The van der Waals surface area contributed by atoms with Crippen molar-refractivity contribution >= 4 is 27.8 Å². The quantitative estimate of drug-likeness (QED) is 0.462. The second kappa shape index (κ2) is 9.03. The Kier molecular flexibility index (Phi) is 6.25. The van der Waals surface area contributed by atoms with Crippen molar-refractivity contribution in [3.63, 3.8) is 0 Å². The smallest absolute Gasteiger partial charge is 0.271 e. The molecular formula is C21H19N3O4S. The number of hydrogen-bond donors (Lipinski definition) is 2. The maximum atomic E-state index is 12.6. The van der Waals surface area contributed by atoms with Crippen molar-refractivity contribution in [2.45, 2.75) is 4.90 Å². The van der Waals surface area contributed by atoms with Crippen LogP contribution in [0.15, 0.2) is 88.9 Å². The van der Waals surface area contributed by atoms with Crippen molar-refractivity contribution in [3.8, 4) is 5.75 Å². The predicted molar refractivity (Wildman–Crippen MR) is 112 cm³/mol. The fourth-order valence-electron chi connectivity index (χ4n) is 2.45. The van der Waals surface area contributed by atoms with Crippen LogP contribution in [0, 0.1) is 0 Å². The summed E-state index contributed by atoms with van der Waals surface area (Å²) < 4.78 is 32.8. The highest BCUT2D eigenvalue weighted by molar-refractivity contribution is 7.92. The van der Waals surface area contributed by atoms with E-state index in [0.717, 1.165) is 5.56 Å². The van der Waals surface area contributed by atoms with Crippen LogP contribution in [0.4, 0.5) is 5.69 Å². The minimum Gasteiger partial charge on any atom is -0.497 e. The molecule has 0 radical (unpaired) electrons. The van der Waals surface area contributed by atoms with Crippen LogP contribution in [0.3, 0.4) is 0 Å². The number of hydrazone groups is 1. The molecule has 0 bridgehead atoms. The van der Waals surface area contributed by atoms with Crippen LogP contribution in [0.25, 0.3) is 0 Å². The van der Waals surface area contributed by atoms with Gasteiger partial charge in [0.15, 0.2) is 0 Å². The van der Waals surface area contributed by atoms with Crippen LogP contribution in [-0.4, -0.2) is 27.6 Å². The number of anilines is 1. The molecule has 1 amide bonds. The molecule has 3 rings (SSSR count). The van der Waals surface area contributed by atoms with Gasteiger partial charge in [-0.05, 0) is 48.0 Å². The monoisotopic (exact) mass is 409 g/mol. The lowest BCUT2D eigenvalue weighted by Gasteiger charge is -2.09. The molecule has 148 valence electrons. The summed E-state index contributed by atoms with van der Waals surface area (Å²) in [5.41, 5.74) is 3.77. The van der Waals surface area contributed by atoms with Crippen molar-refractivity contribution in [1.82, 2.24) is 5.43 Å². The van der Waals surface area contributed by atoms with E-state index in [1.807, 2.05) is 30.3 Å². The molecule has 0 fully saturated rings. The average molecular weight is 409 g/mol. The Balaban J connectivity index is 1.71. The lowest BCUT2D eigenvalue weighted by atomic mass is 10.2. The molecule has 0 aliphatic heterocycles. The summed E-state index contributed by atoms with van der Waals surface area (Å²) in [5, 5.41) is 3.89. The highest BCUT2D eigenvalue weighted by Crippen LogP contribution is 2.20. The number of rotatable bonds is 7. The van der Waals surface area contributed by atoms with Gasteiger partial charge in [0.05, 0.1) is 18.2 Å². The molecule has 0 unspecified atom stereocenters. The Bertz CT molecular complexity index is 1110. The molecule has 0 saturated carbocycles. The van der Waals surface area contributed by atoms with Crippen molar-refractivity contribution in [3.05, 3.63) is 90.0 Å². The summed E-state index contributed by atoms with van der Waals surface area (Å²) in [6, 6.07) is 21.5. The highest BCUT2D eigenvalue weighted by atomic mass is 32.2. The van der Waals surface area contributed by atoms with Gasteiger partial charge < -0.3 is 4.74 Å². The van der Waals surface area contributed by atoms with E-state index >= 15 is 0 Å². The Morgan fingerprint density at radius 2 is 1.69 bits per heavy atom. The van der Waals surface area contributed by atoms with Gasteiger partial charge in [-0.2, -0.15) is 5.10 Å². The summed E-state index contributed by atoms with van der Waals surface area (Å²) in [6.45, 7) is 0. The van der Waals surface area contributed by atoms with E-state index in [2.05, 4.69) is 15.2 Å². The standard InChI is InChI=1S/C21H19N3O4S/c1-28-19-12-10-18(11-13-19)24-29(26,27)20-9-5-8-17(14-20)21(25)23-22-15-16-6-3-2-4-7-16/h2-15,24H,1H3,(H,23,25)/b22-15-. The number of methoxy groups -OCH3 is 1. The number of amides is 1. The second-order valence-corrected chi connectivity index (χ2v) is 7.65. The van der Waals surface area contributed by atoms with Gasteiger partial charge in [0, 0.05) is 11.3 Å². The third-order valence-electron chi connectivity index (χ3n) is 3.93. The number of nitrogens with zero attached hydrogens (tertiary/aromatic N) is 1. The number of carbonyl (C=O) groups excluding carboxylic acids is 1. The molecule has 2 N–H and O–H groups in total. The Morgan fingerprint density at radius 1 is 0.966 bits per heavy atom. The van der Waals surface area contributed by atoms with Crippen molar-refractivity contribution in [2.75, 3.05) is 11.8 Å². The highest BCUT2D eigenvalue weighted by Gasteiger charge is 2.16. The first-order valence-electron chi connectivity index (χ1n) is 8.63. The molecule has 0 spiro atoms. The fraction of sp³-hybridized carbons (Fsp3) is 0.0476. The van der Waals surface area contributed by atoms with Gasteiger partial charge in [0.1, 0.15) is 5.75 Å². The summed E-state index contributed by atoms with van der Waals surface area (Å²) in [4.78, 5) is 12.3. The van der Waals surface area contributed by atoms with E-state index in [4.69, 9.17) is 4.74 Å². The van der Waals surface area contributed by atoms with Crippen molar-refractivity contribution in [2.24, 2.45) is 5.10 Å². The number of ether oxygens (including phenoxy) is 1. The zero-order valence-corrected chi connectivity index (χ0v) is 16.4. The SMILES string of the molecule is COc1ccc(NS(=O)(=O)c2cccc(C(=O)N/N=C\c3ccccc3)c2)cc1. The molecule has 0 aliphatic carbocycles. The minimum atomic E-state index is -3.86. The van der Waals surface area contributed by atoms with Gasteiger partial charge in [-0.15, -0.1) is 0 Å². The van der Waals surface area contributed by atoms with E-state index in [1.54, 1.807) is 24.3 Å². The molecule has 0 atom stereocenters. The van der Waals surface area contributed by atoms with Gasteiger partial charge in [-0.25, -0.2) is 13.8 Å². The first kappa shape index (κ1) is 20.1. The third-order valence-corrected chi connectivity index (χ3v) is 5.31. The lowest BCUT2D eigenvalue weighted by Crippen LogP contribution is -2.19. The van der Waals surface area contributed by atoms with Gasteiger partial charge >= 0.3 is 0 Å². The molecule has 29 heavy (non-hydrogen) atoms. The van der Waals surface area contributed by atoms with Crippen LogP contribution < -0.4 is 14.9 Å². The molecule has 3 aromatic rings. The van der Waals surface area contributed by atoms with Crippen LogP contribution in [-0.2, 0) is 10.0 Å². The number of carbonyl (C=O) groups is 1. The molecule has 8 heteroatoms. The average Bonchev–Trinajstić information content (AvgIpc) is 2.75. The summed E-state index contributed by atoms with van der Waals surface area (Å²) in [7, 11) is -2.33. The molecule has 0 aliphatic rings. The maximum Gasteiger partial charge on any atom is 0.271 e. The molecule has 0 heterocycles. The summed E-state index contributed by atoms with van der Waals surface area (Å²) in [5.74, 6) is 0.0985. The maximum absolute atomic E-state index is 12.6. The van der Waals surface area contributed by atoms with E-state index in [-0.39, 0.29) is 10.5 Å². The molecule has 3 aromatic carbocycles. The van der Waals surface area contributed by atoms with E-state index in [1.165, 1.54) is 37.6 Å². The van der Waals surface area contributed by atoms with Gasteiger partial charge in [-0.3, -0.25) is 9.52 Å². The van der Waals surface area contributed by atoms with Crippen molar-refractivity contribution < 1.29 is 17.9 Å². The lowest BCUT2D eigenvalue weighted by molar-refractivity contribution is 0.0955. The van der Waals surface area contributed by atoms with Gasteiger partial charge in [0.25, 0.3) is 15.9 Å². The first-order valence-corrected chi connectivity index (χ1v) is 10.1. The Morgan fingerprint density at radius 3 is 2.38 bits per heavy atom. The van der Waals surface area contributed by atoms with E-state index in [9.17, 15) is 13.2 Å². The van der Waals surface area contributed by atoms with E-state index < -0.39 is 15.9 Å². The first-order chi connectivity index (χ1) is 14.0. The minimum absolute atomic E-state index is 0.0343. The Hall–Kier alpha value is -3.65. The summed E-state index contributed by atoms with van der Waals surface area (Å²) in [6.07, 6.45) is 1.50. The molecule has 0 saturated heterocycles. The van der Waals surface area contributed by atoms with E-state index in [0.29, 0.717) is 11.4 Å². The number of sulfonamides is 1. The zero-order chi connectivity index (χ0) is 20.7. The van der Waals surface area contributed by atoms with Crippen molar-refractivity contribution in [1.29, 1.82) is 0 Å². The number of nitrogens with one attached hydrogen (secondary N) is 2. The number of hydrogen-bond acceptors (Lipinski definition) is 5. The Labute approximate surface area is 169 Å². The van der Waals surface area contributed by atoms with Gasteiger partial charge in [-0.1, -0.05) is 36.4 Å². The molecule has 0 aromatic heterocycles. The number of benzene rings is 3. The van der Waals surface area contributed by atoms with Gasteiger partial charge in [0.2, 0.25) is 0 Å². The zero-order valence-electron chi connectivity index (χ0n) is 15.6. The molecular weight excluding hydrogens is 390 g/mol. The van der Waals surface area contributed by atoms with Crippen LogP contribution in [0.1, 0.15) is 15.9 Å². The fourth-order valence-corrected chi connectivity index (χ4v) is 3.55. The summed E-state index contributed by atoms with van der Waals surface area (Å²) >= 11 is 0. The predicted octanol–water partition coefficient (Wildman–Crippen LogP) is 3.26. The largest absolute Gasteiger partial charge is 0.497 e. The van der Waals surface area contributed by atoms with Crippen LogP contribution in [0.5, 0.6) is 5.75 Å². The van der Waals surface area contributed by atoms with Crippen LogP contribution >= 0.6 is 0 Å².